The molecule has 0 bridgehead atoms. The van der Waals surface area contributed by atoms with Crippen LogP contribution in [0.25, 0.3) is 0 Å². The number of alkyl halides is 3. The highest BCUT2D eigenvalue weighted by Crippen LogP contribution is 2.60. The van der Waals surface area contributed by atoms with Crippen LogP contribution in [0, 0.1) is 5.41 Å². The molecule has 0 saturated heterocycles. The molecular formula is C13H20F3NO. The first-order valence-corrected chi connectivity index (χ1v) is 6.90. The Morgan fingerprint density at radius 2 is 1.89 bits per heavy atom. The molecule has 3 saturated carbocycles. The Balaban J connectivity index is 1.65. The van der Waals surface area contributed by atoms with Crippen LogP contribution in [0.1, 0.15) is 45.4 Å². The van der Waals surface area contributed by atoms with E-state index in [1.165, 1.54) is 0 Å². The molecule has 0 amide bonds. The van der Waals surface area contributed by atoms with Crippen LogP contribution in [0.2, 0.25) is 0 Å². The molecular weight excluding hydrogens is 243 g/mol. The zero-order chi connectivity index (χ0) is 13.0. The summed E-state index contributed by atoms with van der Waals surface area (Å²) in [6.45, 7) is 2.61. The van der Waals surface area contributed by atoms with Crippen molar-refractivity contribution in [2.24, 2.45) is 5.41 Å². The van der Waals surface area contributed by atoms with Gasteiger partial charge in [0.2, 0.25) is 0 Å². The predicted molar refractivity (Wildman–Crippen MR) is 61.3 cm³/mol. The maximum atomic E-state index is 12.9. The molecule has 0 aromatic carbocycles. The number of nitrogens with one attached hydrogen (secondary N) is 1. The van der Waals surface area contributed by atoms with Crippen molar-refractivity contribution in [3.05, 3.63) is 0 Å². The van der Waals surface area contributed by atoms with E-state index in [4.69, 9.17) is 4.74 Å². The molecule has 2 nitrogen and oxygen atoms in total. The lowest BCUT2D eigenvalue weighted by atomic mass is 9.51. The van der Waals surface area contributed by atoms with Crippen LogP contribution in [0.5, 0.6) is 0 Å². The van der Waals surface area contributed by atoms with E-state index in [1.807, 2.05) is 6.92 Å². The highest BCUT2D eigenvalue weighted by Gasteiger charge is 2.68. The van der Waals surface area contributed by atoms with Crippen LogP contribution in [0.4, 0.5) is 13.2 Å². The highest BCUT2D eigenvalue weighted by molar-refractivity contribution is 5.18. The highest BCUT2D eigenvalue weighted by atomic mass is 19.4. The number of rotatable bonds is 4. The van der Waals surface area contributed by atoms with Crippen molar-refractivity contribution < 1.29 is 17.9 Å². The van der Waals surface area contributed by atoms with Gasteiger partial charge in [-0.2, -0.15) is 13.2 Å². The molecule has 1 spiro atoms. The second-order valence-corrected chi connectivity index (χ2v) is 6.04. The van der Waals surface area contributed by atoms with E-state index in [-0.39, 0.29) is 30.4 Å². The van der Waals surface area contributed by atoms with Crippen molar-refractivity contribution in [2.75, 3.05) is 6.61 Å². The summed E-state index contributed by atoms with van der Waals surface area (Å²) in [5, 5.41) is 2.92. The maximum Gasteiger partial charge on any atom is 0.406 e. The predicted octanol–water partition coefficient (Wildman–Crippen LogP) is 3.02. The Hall–Kier alpha value is -0.290. The van der Waals surface area contributed by atoms with Crippen LogP contribution in [-0.4, -0.2) is 30.5 Å². The average Bonchev–Trinajstić information content (AvgIpc) is 2.93. The van der Waals surface area contributed by atoms with Crippen LogP contribution in [0.3, 0.4) is 0 Å². The molecule has 3 fully saturated rings. The lowest BCUT2D eigenvalue weighted by Gasteiger charge is -2.62. The second-order valence-electron chi connectivity index (χ2n) is 6.04. The first-order chi connectivity index (χ1) is 8.44. The molecule has 18 heavy (non-hydrogen) atoms. The topological polar surface area (TPSA) is 21.3 Å². The summed E-state index contributed by atoms with van der Waals surface area (Å²) in [7, 11) is 0. The van der Waals surface area contributed by atoms with Gasteiger partial charge in [0.15, 0.2) is 0 Å². The van der Waals surface area contributed by atoms with E-state index in [2.05, 4.69) is 5.32 Å². The summed E-state index contributed by atoms with van der Waals surface area (Å²) in [5.41, 5.74) is -1.56. The summed E-state index contributed by atoms with van der Waals surface area (Å²) in [5.74, 6) is 0. The van der Waals surface area contributed by atoms with Crippen LogP contribution < -0.4 is 5.32 Å². The van der Waals surface area contributed by atoms with Gasteiger partial charge in [-0.25, -0.2) is 0 Å². The van der Waals surface area contributed by atoms with Gasteiger partial charge < -0.3 is 10.1 Å². The fourth-order valence-electron chi connectivity index (χ4n) is 3.61. The van der Waals surface area contributed by atoms with Gasteiger partial charge in [-0.3, -0.25) is 0 Å². The van der Waals surface area contributed by atoms with E-state index in [1.54, 1.807) is 0 Å². The standard InChI is InChI=1S/C13H20F3NO/c1-2-18-10-8-9(11(10)4-3-5-11)17-12(6-7-12)13(14,15)16/h9-10,17H,2-8H2,1H3. The van der Waals surface area contributed by atoms with Crippen LogP contribution >= 0.6 is 0 Å². The van der Waals surface area contributed by atoms with Gasteiger partial charge >= 0.3 is 6.18 Å². The normalized spacial score (nSPS) is 36.0. The van der Waals surface area contributed by atoms with Crippen molar-refractivity contribution in [1.82, 2.24) is 5.32 Å². The lowest BCUT2D eigenvalue weighted by molar-refractivity contribution is -0.205. The fourth-order valence-corrected chi connectivity index (χ4v) is 3.61. The molecule has 2 atom stereocenters. The van der Waals surface area contributed by atoms with Crippen LogP contribution in [0.15, 0.2) is 0 Å². The van der Waals surface area contributed by atoms with E-state index >= 15 is 0 Å². The molecule has 0 aromatic rings. The first-order valence-electron chi connectivity index (χ1n) is 6.90. The molecule has 0 aliphatic heterocycles. The first kappa shape index (κ1) is 12.7. The van der Waals surface area contributed by atoms with Gasteiger partial charge in [0.05, 0.1) is 6.10 Å². The minimum atomic E-state index is -4.10. The smallest absolute Gasteiger partial charge is 0.378 e. The molecule has 3 rings (SSSR count). The minimum absolute atomic E-state index is 0.00641. The third-order valence-corrected chi connectivity index (χ3v) is 5.18. The zero-order valence-corrected chi connectivity index (χ0v) is 10.6. The Labute approximate surface area is 105 Å². The quantitative estimate of drug-likeness (QED) is 0.842. The number of hydrogen-bond donors (Lipinski definition) is 1. The Bertz CT molecular complexity index is 334. The van der Waals surface area contributed by atoms with Crippen molar-refractivity contribution in [3.63, 3.8) is 0 Å². The van der Waals surface area contributed by atoms with Gasteiger partial charge in [0, 0.05) is 18.1 Å². The zero-order valence-electron chi connectivity index (χ0n) is 10.6. The molecule has 3 aliphatic rings. The van der Waals surface area contributed by atoms with E-state index < -0.39 is 11.7 Å². The summed E-state index contributed by atoms with van der Waals surface area (Å²) in [6, 6.07) is 0.00641. The van der Waals surface area contributed by atoms with E-state index in [0.29, 0.717) is 6.61 Å². The number of halogens is 3. The van der Waals surface area contributed by atoms with Gasteiger partial charge in [-0.1, -0.05) is 6.42 Å². The second kappa shape index (κ2) is 3.85. The molecule has 2 unspecified atom stereocenters. The van der Waals surface area contributed by atoms with E-state index in [9.17, 15) is 13.2 Å². The van der Waals surface area contributed by atoms with Crippen molar-refractivity contribution >= 4 is 0 Å². The molecule has 5 heteroatoms. The summed E-state index contributed by atoms with van der Waals surface area (Å²) in [4.78, 5) is 0. The third-order valence-electron chi connectivity index (χ3n) is 5.18. The fraction of sp³-hybridized carbons (Fsp3) is 1.00. The van der Waals surface area contributed by atoms with Gasteiger partial charge in [-0.15, -0.1) is 0 Å². The molecule has 3 aliphatic carbocycles. The number of ether oxygens (including phenoxy) is 1. The van der Waals surface area contributed by atoms with Crippen molar-refractivity contribution in [3.8, 4) is 0 Å². The molecule has 104 valence electrons. The Morgan fingerprint density at radius 1 is 1.22 bits per heavy atom. The molecule has 0 heterocycles. The van der Waals surface area contributed by atoms with Gasteiger partial charge in [0.1, 0.15) is 5.54 Å². The van der Waals surface area contributed by atoms with Gasteiger partial charge in [-0.05, 0) is 39.0 Å². The summed E-state index contributed by atoms with van der Waals surface area (Å²) >= 11 is 0. The minimum Gasteiger partial charge on any atom is -0.378 e. The largest absolute Gasteiger partial charge is 0.406 e. The van der Waals surface area contributed by atoms with Crippen molar-refractivity contribution in [2.45, 2.75) is 69.3 Å². The number of hydrogen-bond acceptors (Lipinski definition) is 2. The SMILES string of the molecule is CCOC1CC(NC2(C(F)(F)F)CC2)C12CCC2. The lowest BCUT2D eigenvalue weighted by Crippen LogP contribution is -2.70. The van der Waals surface area contributed by atoms with Gasteiger partial charge in [0.25, 0.3) is 0 Å². The summed E-state index contributed by atoms with van der Waals surface area (Å²) < 4.78 is 44.5. The van der Waals surface area contributed by atoms with E-state index in [0.717, 1.165) is 25.7 Å². The molecule has 0 aromatic heterocycles. The molecule has 0 radical (unpaired) electrons. The van der Waals surface area contributed by atoms with Crippen molar-refractivity contribution in [1.29, 1.82) is 0 Å². The average molecular weight is 263 g/mol. The summed E-state index contributed by atoms with van der Waals surface area (Å²) in [6.07, 6.45) is 0.455. The Morgan fingerprint density at radius 3 is 2.28 bits per heavy atom. The molecule has 1 N–H and O–H groups in total. The monoisotopic (exact) mass is 263 g/mol. The third kappa shape index (κ3) is 1.63. The maximum absolute atomic E-state index is 12.9. The van der Waals surface area contributed by atoms with Crippen LogP contribution in [-0.2, 0) is 4.74 Å². The Kier molecular flexibility index (Phi) is 2.73.